The molecular weight excluding hydrogens is 494 g/mol. The van der Waals surface area contributed by atoms with Gasteiger partial charge in [-0.3, -0.25) is 29.4 Å². The Morgan fingerprint density at radius 1 is 1.08 bits per heavy atom. The number of nitro benzene ring substituents is 1. The number of thioether (sulfide) groups is 1. The first-order valence-electron chi connectivity index (χ1n) is 11.3. The first-order chi connectivity index (χ1) is 17.7. The predicted octanol–water partition coefficient (Wildman–Crippen LogP) is 5.47. The zero-order valence-electron chi connectivity index (χ0n) is 20.1. The van der Waals surface area contributed by atoms with Crippen molar-refractivity contribution in [3.05, 3.63) is 104 Å². The van der Waals surface area contributed by atoms with E-state index < -0.39 is 28.5 Å². The van der Waals surface area contributed by atoms with Crippen LogP contribution in [0.5, 0.6) is 5.75 Å². The highest BCUT2D eigenvalue weighted by atomic mass is 32.2. The lowest BCUT2D eigenvalue weighted by molar-refractivity contribution is -0.384. The van der Waals surface area contributed by atoms with Gasteiger partial charge in [-0.2, -0.15) is 0 Å². The quantitative estimate of drug-likeness (QED) is 0.239. The highest BCUT2D eigenvalue weighted by Gasteiger charge is 2.36. The van der Waals surface area contributed by atoms with Gasteiger partial charge in [-0.25, -0.2) is 0 Å². The minimum absolute atomic E-state index is 0.0115. The molecule has 0 aromatic heterocycles. The van der Waals surface area contributed by atoms with Gasteiger partial charge in [0.05, 0.1) is 9.83 Å². The van der Waals surface area contributed by atoms with Gasteiger partial charge in [0.2, 0.25) is 5.91 Å². The molecule has 1 aliphatic rings. The summed E-state index contributed by atoms with van der Waals surface area (Å²) in [6.07, 6.45) is 1.55. The van der Waals surface area contributed by atoms with Crippen LogP contribution >= 0.6 is 11.8 Å². The lowest BCUT2D eigenvalue weighted by Gasteiger charge is -2.14. The second-order valence-electron chi connectivity index (χ2n) is 8.38. The summed E-state index contributed by atoms with van der Waals surface area (Å²) in [6.45, 7) is 3.53. The summed E-state index contributed by atoms with van der Waals surface area (Å²) >= 11 is 0.757. The SMILES string of the molecule is Cc1ccc(C)c(NC(=O)CN2C(=O)S/C(=C\c3ccccc3OCc3ccc([N+](=O)[O-])cc3)C2=O)c1. The maximum atomic E-state index is 12.9. The predicted molar refractivity (Wildman–Crippen MR) is 141 cm³/mol. The first-order valence-corrected chi connectivity index (χ1v) is 12.1. The van der Waals surface area contributed by atoms with E-state index in [2.05, 4.69) is 5.32 Å². The monoisotopic (exact) mass is 517 g/mol. The Kier molecular flexibility index (Phi) is 7.69. The molecule has 0 radical (unpaired) electrons. The van der Waals surface area contributed by atoms with Gasteiger partial charge in [0, 0.05) is 23.4 Å². The van der Waals surface area contributed by atoms with E-state index in [1.807, 2.05) is 32.0 Å². The number of anilines is 1. The molecule has 1 fully saturated rings. The molecule has 188 valence electrons. The average Bonchev–Trinajstić information content (AvgIpc) is 3.13. The minimum atomic E-state index is -0.559. The topological polar surface area (TPSA) is 119 Å². The summed E-state index contributed by atoms with van der Waals surface area (Å²) in [6, 6.07) is 18.7. The molecule has 1 heterocycles. The summed E-state index contributed by atoms with van der Waals surface area (Å²) in [5, 5.41) is 13.1. The molecule has 3 aromatic rings. The van der Waals surface area contributed by atoms with E-state index in [0.717, 1.165) is 33.4 Å². The highest BCUT2D eigenvalue weighted by Crippen LogP contribution is 2.34. The standard InChI is InChI=1S/C27H23N3O6S/c1-17-7-8-18(2)22(13-17)28-25(31)15-29-26(32)24(37-27(29)33)14-20-5-3-4-6-23(20)36-16-19-9-11-21(12-10-19)30(34)35/h3-14H,15-16H2,1-2H3,(H,28,31)/b24-14-. The highest BCUT2D eigenvalue weighted by molar-refractivity contribution is 8.18. The van der Waals surface area contributed by atoms with Gasteiger partial charge in [-0.15, -0.1) is 0 Å². The van der Waals surface area contributed by atoms with Crippen LogP contribution < -0.4 is 10.1 Å². The molecule has 0 atom stereocenters. The van der Waals surface area contributed by atoms with E-state index in [4.69, 9.17) is 4.74 Å². The van der Waals surface area contributed by atoms with Crippen LogP contribution in [-0.2, 0) is 16.2 Å². The number of imide groups is 1. The molecule has 1 aliphatic heterocycles. The van der Waals surface area contributed by atoms with Crippen molar-refractivity contribution in [3.8, 4) is 5.75 Å². The molecule has 0 saturated carbocycles. The fraction of sp³-hybridized carbons (Fsp3) is 0.148. The lowest BCUT2D eigenvalue weighted by Crippen LogP contribution is -2.36. The van der Waals surface area contributed by atoms with E-state index in [9.17, 15) is 24.5 Å². The Balaban J connectivity index is 1.44. The van der Waals surface area contributed by atoms with E-state index in [1.54, 1.807) is 42.5 Å². The van der Waals surface area contributed by atoms with E-state index in [-0.39, 0.29) is 17.2 Å². The first kappa shape index (κ1) is 25.6. The van der Waals surface area contributed by atoms with E-state index in [0.29, 0.717) is 17.0 Å². The molecule has 37 heavy (non-hydrogen) atoms. The van der Waals surface area contributed by atoms with Crippen LogP contribution in [0.4, 0.5) is 16.2 Å². The zero-order chi connectivity index (χ0) is 26.5. The van der Waals surface area contributed by atoms with Crippen LogP contribution in [0.25, 0.3) is 6.08 Å². The number of ether oxygens (including phenoxy) is 1. The van der Waals surface area contributed by atoms with Crippen molar-refractivity contribution in [1.29, 1.82) is 0 Å². The van der Waals surface area contributed by atoms with Crippen molar-refractivity contribution in [1.82, 2.24) is 4.90 Å². The number of hydrogen-bond acceptors (Lipinski definition) is 7. The van der Waals surface area contributed by atoms with Gasteiger partial charge in [0.1, 0.15) is 18.9 Å². The van der Waals surface area contributed by atoms with E-state index >= 15 is 0 Å². The third-order valence-electron chi connectivity index (χ3n) is 5.59. The van der Waals surface area contributed by atoms with Gasteiger partial charge in [0.25, 0.3) is 16.8 Å². The number of carbonyl (C=O) groups excluding carboxylic acids is 3. The summed E-state index contributed by atoms with van der Waals surface area (Å²) in [7, 11) is 0. The summed E-state index contributed by atoms with van der Waals surface area (Å²) in [5.41, 5.74) is 3.78. The molecule has 0 unspecified atom stereocenters. The maximum Gasteiger partial charge on any atom is 0.294 e. The Morgan fingerprint density at radius 2 is 1.81 bits per heavy atom. The number of amides is 3. The van der Waals surface area contributed by atoms with Gasteiger partial charge in [-0.05, 0) is 72.6 Å². The Morgan fingerprint density at radius 3 is 2.54 bits per heavy atom. The molecule has 10 heteroatoms. The number of aryl methyl sites for hydroxylation is 2. The third kappa shape index (κ3) is 6.22. The molecule has 1 N–H and O–H groups in total. The Labute approximate surface area is 217 Å². The normalized spacial score (nSPS) is 14.2. The van der Waals surface area contributed by atoms with Crippen molar-refractivity contribution in [2.75, 3.05) is 11.9 Å². The summed E-state index contributed by atoms with van der Waals surface area (Å²) in [5.74, 6) is -0.555. The van der Waals surface area contributed by atoms with Crippen molar-refractivity contribution < 1.29 is 24.0 Å². The Hall–Kier alpha value is -4.44. The number of para-hydroxylation sites is 1. The number of non-ortho nitro benzene ring substituents is 1. The molecule has 4 rings (SSSR count). The second-order valence-corrected chi connectivity index (χ2v) is 9.38. The number of carbonyl (C=O) groups is 3. The number of benzene rings is 3. The smallest absolute Gasteiger partial charge is 0.294 e. The van der Waals surface area contributed by atoms with Crippen molar-refractivity contribution in [2.24, 2.45) is 0 Å². The lowest BCUT2D eigenvalue weighted by atomic mass is 10.1. The van der Waals surface area contributed by atoms with Crippen LogP contribution in [0, 0.1) is 24.0 Å². The fourth-order valence-corrected chi connectivity index (χ4v) is 4.42. The second kappa shape index (κ2) is 11.1. The molecule has 9 nitrogen and oxygen atoms in total. The fourth-order valence-electron chi connectivity index (χ4n) is 3.59. The van der Waals surface area contributed by atoms with Crippen LogP contribution in [0.2, 0.25) is 0 Å². The number of rotatable bonds is 8. The van der Waals surface area contributed by atoms with Crippen LogP contribution in [0.3, 0.4) is 0 Å². The Bertz CT molecular complexity index is 1420. The molecule has 3 amide bonds. The van der Waals surface area contributed by atoms with Gasteiger partial charge in [0.15, 0.2) is 0 Å². The minimum Gasteiger partial charge on any atom is -0.488 e. The van der Waals surface area contributed by atoms with Crippen molar-refractivity contribution in [3.63, 3.8) is 0 Å². The molecule has 3 aromatic carbocycles. The molecule has 0 spiro atoms. The molecule has 0 bridgehead atoms. The van der Waals surface area contributed by atoms with Crippen molar-refractivity contribution in [2.45, 2.75) is 20.5 Å². The molecular formula is C27H23N3O6S. The number of hydrogen-bond donors (Lipinski definition) is 1. The molecule has 1 saturated heterocycles. The third-order valence-corrected chi connectivity index (χ3v) is 6.50. The largest absolute Gasteiger partial charge is 0.488 e. The van der Waals surface area contributed by atoms with Crippen LogP contribution in [-0.4, -0.2) is 33.4 Å². The zero-order valence-corrected chi connectivity index (χ0v) is 20.9. The van der Waals surface area contributed by atoms with E-state index in [1.165, 1.54) is 12.1 Å². The number of nitrogens with one attached hydrogen (secondary N) is 1. The average molecular weight is 518 g/mol. The number of nitro groups is 1. The number of nitrogens with zero attached hydrogens (tertiary/aromatic N) is 2. The van der Waals surface area contributed by atoms with Gasteiger partial charge >= 0.3 is 0 Å². The van der Waals surface area contributed by atoms with Crippen LogP contribution in [0.15, 0.2) is 71.6 Å². The summed E-state index contributed by atoms with van der Waals surface area (Å²) in [4.78, 5) is 49.5. The summed E-state index contributed by atoms with van der Waals surface area (Å²) < 4.78 is 5.88. The maximum absolute atomic E-state index is 12.9. The van der Waals surface area contributed by atoms with Gasteiger partial charge in [-0.1, -0.05) is 30.3 Å². The van der Waals surface area contributed by atoms with Crippen molar-refractivity contribution >= 4 is 46.3 Å². The van der Waals surface area contributed by atoms with Gasteiger partial charge < -0.3 is 10.1 Å². The molecule has 0 aliphatic carbocycles. The van der Waals surface area contributed by atoms with Crippen LogP contribution in [0.1, 0.15) is 22.3 Å².